The van der Waals surface area contributed by atoms with Crippen LogP contribution in [0, 0.1) is 17.2 Å². The predicted octanol–water partition coefficient (Wildman–Crippen LogP) is 2.10. The molecular formula is C30H32N8O4. The summed E-state index contributed by atoms with van der Waals surface area (Å²) in [6, 6.07) is 5.94. The lowest BCUT2D eigenvalue weighted by molar-refractivity contribution is -0.136. The molecule has 6 rings (SSSR count). The number of fused-ring (bicyclic) bond motifs is 1. The second-order valence-electron chi connectivity index (χ2n) is 11.3. The number of aliphatic imine (C=N–C) groups is 1. The maximum absolute atomic E-state index is 13.1. The quantitative estimate of drug-likeness (QED) is 0.224. The lowest BCUT2D eigenvalue weighted by Gasteiger charge is -2.33. The van der Waals surface area contributed by atoms with Crippen LogP contribution in [-0.4, -0.2) is 64.6 Å². The Bertz CT molecular complexity index is 1570. The van der Waals surface area contributed by atoms with Crippen LogP contribution in [0.4, 0.5) is 11.4 Å². The van der Waals surface area contributed by atoms with Crippen molar-refractivity contribution >= 4 is 53.0 Å². The van der Waals surface area contributed by atoms with Crippen LogP contribution in [0.5, 0.6) is 0 Å². The monoisotopic (exact) mass is 568 g/mol. The molecule has 2 aliphatic carbocycles. The highest BCUT2D eigenvalue weighted by molar-refractivity contribution is 6.23. The molecule has 1 atom stereocenters. The Morgan fingerprint density at radius 2 is 1.88 bits per heavy atom. The minimum atomic E-state index is -0.984. The number of anilines is 2. The Balaban J connectivity index is 1.06. The summed E-state index contributed by atoms with van der Waals surface area (Å²) in [5.41, 5.74) is 16.8. The van der Waals surface area contributed by atoms with Crippen molar-refractivity contribution in [2.24, 2.45) is 22.6 Å². The first kappa shape index (κ1) is 27.3. The largest absolute Gasteiger partial charge is 0.401 e. The fourth-order valence-corrected chi connectivity index (χ4v) is 5.67. The minimum Gasteiger partial charge on any atom is -0.401 e. The number of amides is 4. The van der Waals surface area contributed by atoms with Gasteiger partial charge in [0, 0.05) is 47.9 Å². The first-order chi connectivity index (χ1) is 20.2. The number of hydrogen-bond acceptors (Lipinski definition) is 10. The van der Waals surface area contributed by atoms with E-state index in [2.05, 4.69) is 15.6 Å². The molecule has 216 valence electrons. The van der Waals surface area contributed by atoms with E-state index in [9.17, 15) is 19.2 Å². The summed E-state index contributed by atoms with van der Waals surface area (Å²) < 4.78 is 0. The van der Waals surface area contributed by atoms with Gasteiger partial charge in [0.25, 0.3) is 11.8 Å². The second kappa shape index (κ2) is 10.8. The standard InChI is InChI=1S/C30H32N8O4/c31-11-17-9-24(36-14-23(17)32)22(27(33)16-1-2-16)13-35-19-7-15(8-19)12-34-18-3-4-20-21(10-18)30(42)38(29(20)41)25-5-6-26(39)37-28(25)40/h3-4,9-11,13-16,19,25,31,34H,1-2,5-8,12,32-33H2,(H,37,39,40). The van der Waals surface area contributed by atoms with Gasteiger partial charge in [-0.1, -0.05) is 0 Å². The van der Waals surface area contributed by atoms with Crippen LogP contribution in [0.3, 0.4) is 0 Å². The van der Waals surface area contributed by atoms with Crippen molar-refractivity contribution < 1.29 is 19.2 Å². The average molecular weight is 569 g/mol. The molecule has 2 aromatic rings. The smallest absolute Gasteiger partial charge is 0.262 e. The number of pyridine rings is 1. The van der Waals surface area contributed by atoms with E-state index in [1.165, 1.54) is 6.21 Å². The summed E-state index contributed by atoms with van der Waals surface area (Å²) in [6.45, 7) is 0.679. The van der Waals surface area contributed by atoms with Gasteiger partial charge in [-0.25, -0.2) is 0 Å². The van der Waals surface area contributed by atoms with Gasteiger partial charge in [0.1, 0.15) is 6.04 Å². The van der Waals surface area contributed by atoms with E-state index in [-0.39, 0.29) is 30.0 Å². The summed E-state index contributed by atoms with van der Waals surface area (Å²) in [5, 5.41) is 13.2. The van der Waals surface area contributed by atoms with Gasteiger partial charge in [0.05, 0.1) is 34.7 Å². The second-order valence-corrected chi connectivity index (χ2v) is 11.3. The maximum atomic E-state index is 13.1. The molecule has 0 bridgehead atoms. The molecule has 0 spiro atoms. The average Bonchev–Trinajstić information content (AvgIpc) is 3.77. The summed E-state index contributed by atoms with van der Waals surface area (Å²) in [4.78, 5) is 59.9. The van der Waals surface area contributed by atoms with Crippen LogP contribution >= 0.6 is 0 Å². The van der Waals surface area contributed by atoms with Gasteiger partial charge >= 0.3 is 0 Å². The summed E-state index contributed by atoms with van der Waals surface area (Å²) in [5.74, 6) is -1.36. The molecule has 0 radical (unpaired) electrons. The molecule has 12 heteroatoms. The van der Waals surface area contributed by atoms with Gasteiger partial charge in [0.15, 0.2) is 0 Å². The van der Waals surface area contributed by atoms with Crippen LogP contribution in [0.2, 0.25) is 0 Å². The number of nitrogens with zero attached hydrogens (tertiary/aromatic N) is 3. The first-order valence-electron chi connectivity index (χ1n) is 14.1. The van der Waals surface area contributed by atoms with E-state index < -0.39 is 29.7 Å². The zero-order valence-corrected chi connectivity index (χ0v) is 22.9. The molecule has 7 N–H and O–H groups in total. The number of benzene rings is 1. The Hall–Kier alpha value is -4.87. The molecule has 2 saturated carbocycles. The molecule has 1 unspecified atom stereocenters. The van der Waals surface area contributed by atoms with Crippen molar-refractivity contribution in [3.05, 3.63) is 58.5 Å². The van der Waals surface area contributed by atoms with E-state index in [0.717, 1.165) is 41.9 Å². The van der Waals surface area contributed by atoms with Gasteiger partial charge in [0.2, 0.25) is 11.8 Å². The number of carbonyl (C=O) groups is 4. The molecule has 2 aliphatic heterocycles. The van der Waals surface area contributed by atoms with Gasteiger partial charge in [-0.15, -0.1) is 0 Å². The predicted molar refractivity (Wildman–Crippen MR) is 157 cm³/mol. The van der Waals surface area contributed by atoms with Crippen molar-refractivity contribution in [1.82, 2.24) is 15.2 Å². The molecule has 3 heterocycles. The van der Waals surface area contributed by atoms with Crippen molar-refractivity contribution in [1.29, 1.82) is 5.41 Å². The maximum Gasteiger partial charge on any atom is 0.262 e. The number of imide groups is 2. The molecular weight excluding hydrogens is 536 g/mol. The SMILES string of the molecule is N=Cc1cc(C(C=NC2CC(CNc3ccc4c(c3)C(=O)N(C3CCC(=O)NC3=O)C4=O)C2)=C(N)C2CC2)ncc1N. The number of hydrogen-bond donors (Lipinski definition) is 5. The van der Waals surface area contributed by atoms with Crippen molar-refractivity contribution in [2.75, 3.05) is 17.6 Å². The number of allylic oxidation sites excluding steroid dienone is 2. The zero-order chi connectivity index (χ0) is 29.5. The Labute approximate surface area is 242 Å². The van der Waals surface area contributed by atoms with Crippen molar-refractivity contribution in [3.8, 4) is 0 Å². The highest BCUT2D eigenvalue weighted by Crippen LogP contribution is 2.38. The topological polar surface area (TPSA) is 197 Å². The molecule has 1 saturated heterocycles. The van der Waals surface area contributed by atoms with Crippen LogP contribution in [0.25, 0.3) is 5.57 Å². The number of nitrogen functional groups attached to an aromatic ring is 1. The van der Waals surface area contributed by atoms with Gasteiger partial charge in [-0.05, 0) is 68.2 Å². The van der Waals surface area contributed by atoms with Gasteiger partial charge in [-0.3, -0.25) is 39.4 Å². The van der Waals surface area contributed by atoms with E-state index in [1.54, 1.807) is 30.5 Å². The summed E-state index contributed by atoms with van der Waals surface area (Å²) >= 11 is 0. The summed E-state index contributed by atoms with van der Waals surface area (Å²) in [6.07, 6.45) is 8.62. The Morgan fingerprint density at radius 3 is 2.60 bits per heavy atom. The zero-order valence-electron chi connectivity index (χ0n) is 22.9. The Kier molecular flexibility index (Phi) is 7.05. The molecule has 4 aliphatic rings. The number of nitrogens with one attached hydrogen (secondary N) is 3. The first-order valence-corrected chi connectivity index (χ1v) is 14.1. The number of rotatable bonds is 9. The van der Waals surface area contributed by atoms with E-state index >= 15 is 0 Å². The molecule has 12 nitrogen and oxygen atoms in total. The summed E-state index contributed by atoms with van der Waals surface area (Å²) in [7, 11) is 0. The fraction of sp³-hybridized carbons (Fsp3) is 0.367. The van der Waals surface area contributed by atoms with Crippen LogP contribution < -0.4 is 22.1 Å². The lowest BCUT2D eigenvalue weighted by Crippen LogP contribution is -2.54. The molecule has 3 fully saturated rings. The number of nitrogens with two attached hydrogens (primary N) is 2. The van der Waals surface area contributed by atoms with Crippen molar-refractivity contribution in [3.63, 3.8) is 0 Å². The van der Waals surface area contributed by atoms with E-state index in [4.69, 9.17) is 21.9 Å². The normalized spacial score (nSPS) is 24.3. The highest BCUT2D eigenvalue weighted by atomic mass is 16.2. The van der Waals surface area contributed by atoms with Crippen LogP contribution in [-0.2, 0) is 9.59 Å². The molecule has 1 aromatic carbocycles. The third-order valence-corrected chi connectivity index (χ3v) is 8.39. The van der Waals surface area contributed by atoms with Crippen molar-refractivity contribution in [2.45, 2.75) is 50.6 Å². The molecule has 1 aromatic heterocycles. The third-order valence-electron chi connectivity index (χ3n) is 8.39. The van der Waals surface area contributed by atoms with Crippen LogP contribution in [0.1, 0.15) is 70.5 Å². The number of piperidine rings is 1. The Morgan fingerprint density at radius 1 is 1.12 bits per heavy atom. The molecule has 42 heavy (non-hydrogen) atoms. The lowest BCUT2D eigenvalue weighted by atomic mass is 9.80. The highest BCUT2D eigenvalue weighted by Gasteiger charge is 2.44. The van der Waals surface area contributed by atoms with Gasteiger partial charge in [-0.2, -0.15) is 0 Å². The van der Waals surface area contributed by atoms with E-state index in [1.807, 2.05) is 6.21 Å². The number of aromatic nitrogens is 1. The van der Waals surface area contributed by atoms with Crippen LogP contribution in [0.15, 0.2) is 41.2 Å². The third kappa shape index (κ3) is 5.15. The fourth-order valence-electron chi connectivity index (χ4n) is 5.67. The van der Waals surface area contributed by atoms with E-state index in [0.29, 0.717) is 41.0 Å². The number of carbonyl (C=O) groups excluding carboxylic acids is 4. The molecule has 4 amide bonds. The van der Waals surface area contributed by atoms with Gasteiger partial charge < -0.3 is 22.2 Å². The minimum absolute atomic E-state index is 0.0818.